The molecule has 13 atom stereocenters. The maximum Gasteiger partial charge on any atom is 0.322 e. The maximum absolute atomic E-state index is 12.4. The number of fused-ring (bicyclic) bond motifs is 5. The minimum absolute atomic E-state index is 0.0343. The van der Waals surface area contributed by atoms with E-state index in [0.29, 0.717) is 18.8 Å². The quantitative estimate of drug-likeness (QED) is 0.359. The van der Waals surface area contributed by atoms with Gasteiger partial charge in [0.2, 0.25) is 5.91 Å². The summed E-state index contributed by atoms with van der Waals surface area (Å²) in [6.45, 7) is 10.4. The number of carbonyl (C=O) groups is 2. The first-order valence-corrected chi connectivity index (χ1v) is 14.4. The van der Waals surface area contributed by atoms with Crippen molar-refractivity contribution in [1.29, 1.82) is 0 Å². The molecule has 206 valence electrons. The van der Waals surface area contributed by atoms with Crippen LogP contribution in [0.5, 0.6) is 0 Å². The van der Waals surface area contributed by atoms with E-state index in [-0.39, 0.29) is 70.8 Å². The van der Waals surface area contributed by atoms with E-state index >= 15 is 0 Å². The zero-order chi connectivity index (χ0) is 26.6. The molecule has 4 saturated carbocycles. The Balaban J connectivity index is 1.56. The number of aliphatic hydroxyl groups is 3. The van der Waals surface area contributed by atoms with Crippen molar-refractivity contribution in [2.24, 2.45) is 58.2 Å². The van der Waals surface area contributed by atoms with Gasteiger partial charge in [0, 0.05) is 5.92 Å². The van der Waals surface area contributed by atoms with Gasteiger partial charge in [0.15, 0.2) is 0 Å². The molecular formula is C29H49NO6. The van der Waals surface area contributed by atoms with Gasteiger partial charge < -0.3 is 25.7 Å². The van der Waals surface area contributed by atoms with Gasteiger partial charge in [-0.05, 0) is 97.2 Å². The van der Waals surface area contributed by atoms with Gasteiger partial charge in [-0.1, -0.05) is 41.0 Å². The Bertz CT molecular complexity index is 835. The number of rotatable bonds is 7. The van der Waals surface area contributed by atoms with E-state index in [9.17, 15) is 24.9 Å². The number of carboxylic acid groups (broad SMARTS) is 1. The molecule has 0 bridgehead atoms. The molecule has 0 aliphatic heterocycles. The van der Waals surface area contributed by atoms with Crippen molar-refractivity contribution in [2.45, 2.75) is 104 Å². The summed E-state index contributed by atoms with van der Waals surface area (Å²) in [4.78, 5) is 23.3. The van der Waals surface area contributed by atoms with Crippen LogP contribution in [-0.2, 0) is 9.59 Å². The Kier molecular flexibility index (Phi) is 7.87. The van der Waals surface area contributed by atoms with E-state index in [1.165, 1.54) is 0 Å². The van der Waals surface area contributed by atoms with Gasteiger partial charge in [-0.3, -0.25) is 9.59 Å². The number of amides is 1. The second-order valence-corrected chi connectivity index (χ2v) is 13.4. The van der Waals surface area contributed by atoms with E-state index < -0.39 is 18.2 Å². The lowest BCUT2D eigenvalue weighted by atomic mass is 9.41. The third-order valence-corrected chi connectivity index (χ3v) is 11.8. The van der Waals surface area contributed by atoms with Crippen molar-refractivity contribution in [3.63, 3.8) is 0 Å². The summed E-state index contributed by atoms with van der Waals surface area (Å²) < 4.78 is 0. The second-order valence-electron chi connectivity index (χ2n) is 13.4. The molecule has 4 aliphatic carbocycles. The number of nitrogens with one attached hydrogen (secondary N) is 1. The molecule has 3 unspecified atom stereocenters. The Hall–Kier alpha value is -1.18. The topological polar surface area (TPSA) is 127 Å². The molecule has 7 heteroatoms. The average Bonchev–Trinajstić information content (AvgIpc) is 3.18. The predicted octanol–water partition coefficient (Wildman–Crippen LogP) is 3.45. The Labute approximate surface area is 216 Å². The summed E-state index contributed by atoms with van der Waals surface area (Å²) in [5.74, 6) is 0.00272. The summed E-state index contributed by atoms with van der Waals surface area (Å²) in [6.07, 6.45) is 5.61. The summed E-state index contributed by atoms with van der Waals surface area (Å²) in [5, 5.41) is 45.5. The van der Waals surface area contributed by atoms with E-state index in [1.54, 1.807) is 0 Å². The van der Waals surface area contributed by atoms with Gasteiger partial charge in [0.1, 0.15) is 6.54 Å². The highest BCUT2D eigenvalue weighted by Crippen LogP contribution is 2.69. The normalized spacial score (nSPS) is 47.7. The third-order valence-electron chi connectivity index (χ3n) is 11.8. The van der Waals surface area contributed by atoms with Gasteiger partial charge >= 0.3 is 5.97 Å². The molecule has 0 aromatic carbocycles. The minimum atomic E-state index is -1.05. The van der Waals surface area contributed by atoms with Gasteiger partial charge in [0.05, 0.1) is 18.3 Å². The van der Waals surface area contributed by atoms with E-state index in [4.69, 9.17) is 5.11 Å². The molecule has 0 aromatic heterocycles. The van der Waals surface area contributed by atoms with Crippen molar-refractivity contribution < 1.29 is 30.0 Å². The number of hydrogen-bond donors (Lipinski definition) is 5. The highest BCUT2D eigenvalue weighted by Gasteiger charge is 2.67. The van der Waals surface area contributed by atoms with Crippen molar-refractivity contribution in [3.8, 4) is 0 Å². The number of carbonyl (C=O) groups excluding carboxylic acids is 1. The maximum atomic E-state index is 12.4. The van der Waals surface area contributed by atoms with E-state index in [2.05, 4.69) is 33.0 Å². The lowest BCUT2D eigenvalue weighted by molar-refractivity contribution is -0.228. The molecule has 5 N–H and O–H groups in total. The summed E-state index contributed by atoms with van der Waals surface area (Å²) in [5.41, 5.74) is -0.277. The number of hydrogen-bond acceptors (Lipinski definition) is 5. The molecule has 4 rings (SSSR count). The molecule has 0 heterocycles. The van der Waals surface area contributed by atoms with Gasteiger partial charge in [-0.25, -0.2) is 0 Å². The summed E-state index contributed by atoms with van der Waals surface area (Å²) in [7, 11) is 0. The molecule has 0 spiro atoms. The highest BCUT2D eigenvalue weighted by atomic mass is 16.4. The summed E-state index contributed by atoms with van der Waals surface area (Å²) in [6, 6.07) is 0. The molecule has 0 aromatic rings. The molecule has 7 nitrogen and oxygen atoms in total. The zero-order valence-corrected chi connectivity index (χ0v) is 22.8. The third kappa shape index (κ3) is 4.41. The van der Waals surface area contributed by atoms with Crippen LogP contribution in [0.4, 0.5) is 0 Å². The highest BCUT2D eigenvalue weighted by molar-refractivity contribution is 5.82. The first-order chi connectivity index (χ1) is 16.9. The fraction of sp³-hybridized carbons (Fsp3) is 0.931. The fourth-order valence-corrected chi connectivity index (χ4v) is 10.1. The van der Waals surface area contributed by atoms with E-state index in [1.807, 2.05) is 6.92 Å². The molecule has 1 amide bonds. The minimum Gasteiger partial charge on any atom is -0.480 e. The number of aliphatic carboxylic acids is 1. The SMILES string of the molecule is CC[C@H]1[C@@H](O)C2C3CC[C@H]([C@@H](C)C[C@@H](C)C(=O)NCC(=O)O)[C@@]3(C)[C@@H](O)CC2[C@@]2(C)CC[C@@H](O)C[C@@H]12. The number of aliphatic hydroxyl groups excluding tert-OH is 3. The molecule has 4 aliphatic rings. The Morgan fingerprint density at radius 1 is 1.00 bits per heavy atom. The summed E-state index contributed by atoms with van der Waals surface area (Å²) >= 11 is 0. The van der Waals surface area contributed by atoms with Crippen LogP contribution in [0.15, 0.2) is 0 Å². The first kappa shape index (κ1) is 27.8. The van der Waals surface area contributed by atoms with Crippen molar-refractivity contribution in [2.75, 3.05) is 6.54 Å². The zero-order valence-electron chi connectivity index (χ0n) is 22.8. The van der Waals surface area contributed by atoms with Crippen molar-refractivity contribution in [1.82, 2.24) is 5.32 Å². The first-order valence-electron chi connectivity index (χ1n) is 14.4. The monoisotopic (exact) mass is 507 g/mol. The predicted molar refractivity (Wildman–Crippen MR) is 137 cm³/mol. The standard InChI is InChI=1S/C29H49NO6/c1-6-18-21-12-17(31)9-10-28(21,4)22-13-23(32)29(5)19(7-8-20(29)25(22)26(18)35)15(2)11-16(3)27(36)30-14-24(33)34/h15-23,25-26,31-32,35H,6-14H2,1-5H3,(H,30,36)(H,33,34)/t15-,16+,17+,18+,19+,20?,21-,22?,23-,25?,26+,28-,29+/m0/s1. The number of carboxylic acids is 1. The van der Waals surface area contributed by atoms with Crippen molar-refractivity contribution in [3.05, 3.63) is 0 Å². The Morgan fingerprint density at radius 2 is 1.69 bits per heavy atom. The second kappa shape index (κ2) is 10.2. The largest absolute Gasteiger partial charge is 0.480 e. The van der Waals surface area contributed by atoms with Crippen LogP contribution in [-0.4, -0.2) is 57.2 Å². The smallest absolute Gasteiger partial charge is 0.322 e. The van der Waals surface area contributed by atoms with Crippen LogP contribution in [0.3, 0.4) is 0 Å². The lowest BCUT2D eigenvalue weighted by Crippen LogP contribution is -2.65. The average molecular weight is 508 g/mol. The van der Waals surface area contributed by atoms with Crippen LogP contribution < -0.4 is 5.32 Å². The van der Waals surface area contributed by atoms with Crippen LogP contribution in [0.2, 0.25) is 0 Å². The fourth-order valence-electron chi connectivity index (χ4n) is 10.1. The van der Waals surface area contributed by atoms with Crippen molar-refractivity contribution >= 4 is 11.9 Å². The Morgan fingerprint density at radius 3 is 2.33 bits per heavy atom. The van der Waals surface area contributed by atoms with E-state index in [0.717, 1.165) is 38.5 Å². The van der Waals surface area contributed by atoms with Crippen LogP contribution in [0.25, 0.3) is 0 Å². The molecule has 4 fully saturated rings. The van der Waals surface area contributed by atoms with Crippen LogP contribution in [0.1, 0.15) is 86.0 Å². The van der Waals surface area contributed by atoms with Gasteiger partial charge in [-0.2, -0.15) is 0 Å². The van der Waals surface area contributed by atoms with Gasteiger partial charge in [0.25, 0.3) is 0 Å². The molecule has 0 saturated heterocycles. The van der Waals surface area contributed by atoms with Crippen LogP contribution >= 0.6 is 0 Å². The van der Waals surface area contributed by atoms with Gasteiger partial charge in [-0.15, -0.1) is 0 Å². The molecular weight excluding hydrogens is 458 g/mol. The van der Waals surface area contributed by atoms with Crippen LogP contribution in [0, 0.1) is 58.2 Å². The lowest BCUT2D eigenvalue weighted by Gasteiger charge is -2.65. The molecule has 36 heavy (non-hydrogen) atoms. The molecule has 0 radical (unpaired) electrons.